The summed E-state index contributed by atoms with van der Waals surface area (Å²) < 4.78 is 13.2. The molecule has 6 nitrogen and oxygen atoms in total. The van der Waals surface area contributed by atoms with Crippen molar-refractivity contribution < 1.29 is 24.1 Å². The van der Waals surface area contributed by atoms with Gasteiger partial charge in [-0.15, -0.1) is 0 Å². The van der Waals surface area contributed by atoms with Crippen LogP contribution in [-0.2, 0) is 46.4 Å². The van der Waals surface area contributed by atoms with E-state index in [0.717, 1.165) is 93.8 Å². The van der Waals surface area contributed by atoms with Gasteiger partial charge in [-0.25, -0.2) is 0 Å². The molecule has 2 aliphatic rings. The summed E-state index contributed by atoms with van der Waals surface area (Å²) in [5, 5.41) is 0. The molecular weight excluding hydrogens is 1280 g/mol. The van der Waals surface area contributed by atoms with Gasteiger partial charge in [0, 0.05) is 23.3 Å². The van der Waals surface area contributed by atoms with Crippen LogP contribution in [0.2, 0.25) is 0 Å². The number of imidazole rings is 1. The predicted molar refractivity (Wildman–Crippen MR) is 368 cm³/mol. The van der Waals surface area contributed by atoms with Crippen LogP contribution in [0.5, 0.6) is 11.5 Å². The Kier molecular flexibility index (Phi) is 14.2. The van der Waals surface area contributed by atoms with Crippen LogP contribution in [-0.4, -0.2) is 14.1 Å². The van der Waals surface area contributed by atoms with E-state index in [-0.39, 0.29) is 21.7 Å². The Hall–Kier alpha value is -9.09. The summed E-state index contributed by atoms with van der Waals surface area (Å²) in [5.74, 6) is 1.96. The maximum atomic E-state index is 7.42. The first-order chi connectivity index (χ1) is 43.1. The quantitative estimate of drug-likeness (QED) is 0.142. The normalized spacial score (nSPS) is 13.7. The van der Waals surface area contributed by atoms with Crippen molar-refractivity contribution in [2.75, 3.05) is 9.80 Å². The second kappa shape index (κ2) is 21.8. The van der Waals surface area contributed by atoms with Gasteiger partial charge in [-0.05, 0) is 63.3 Å². The summed E-state index contributed by atoms with van der Waals surface area (Å²) in [5.41, 5.74) is 21.8. The number of rotatable bonds is 8. The van der Waals surface area contributed by atoms with E-state index in [9.17, 15) is 0 Å². The summed E-state index contributed by atoms with van der Waals surface area (Å²) >= 11 is 2.54. The van der Waals surface area contributed by atoms with Crippen LogP contribution in [0.25, 0.3) is 44.7 Å². The molecule has 4 heterocycles. The Morgan fingerprint density at radius 2 is 0.911 bits per heavy atom. The third-order valence-corrected chi connectivity index (χ3v) is 19.3. The monoisotopic (exact) mass is 1350 g/mol. The second-order valence-electron chi connectivity index (χ2n) is 28.3. The Morgan fingerprint density at radius 1 is 0.400 bits per heavy atom. The van der Waals surface area contributed by atoms with Crippen LogP contribution < -0.4 is 14.5 Å². The van der Waals surface area contributed by atoms with Gasteiger partial charge in [-0.1, -0.05) is 123 Å². The number of aromatic nitrogens is 3. The standard InChI is InChI=1S/C83H75N5O.Pt/c1-79(2,3)57-39-43-72-69(49-57)83(70-50-58(80(4,5)6)40-44-73(70)87(72)61-31-20-15-21-32-61)67-35-22-23-36-71(67)88(77-51-59(45-46-84-77)81(7,8)9)76-53-63(41-42-68(76)83)89-64-48-60(82(10,11)12)47-62(52-64)85-54-86(75-38-25-24-37-74(75)85)78-65(55-27-16-13-17-28-55)33-26-34-66(78)56-29-18-14-19-30-56;/h13-51H,1-12H3;/q-2;. The average molecular weight is 1350 g/mol. The Labute approximate surface area is 542 Å². The van der Waals surface area contributed by atoms with Gasteiger partial charge in [-0.3, -0.25) is 0 Å². The number of nitrogens with zero attached hydrogens (tertiary/aromatic N) is 5. The molecule has 90 heavy (non-hydrogen) atoms. The molecule has 0 saturated heterocycles. The summed E-state index contributed by atoms with van der Waals surface area (Å²) in [6, 6.07) is 92.5. The second-order valence-corrected chi connectivity index (χ2v) is 29.3. The molecule has 0 aliphatic carbocycles. The number of hydrogen-bond donors (Lipinski definition) is 0. The van der Waals surface area contributed by atoms with E-state index in [1.807, 2.05) is 6.20 Å². The van der Waals surface area contributed by atoms with Crippen molar-refractivity contribution in [2.45, 2.75) is 110 Å². The molecule has 0 saturated carbocycles. The fourth-order valence-electron chi connectivity index (χ4n) is 13.5. The molecule has 0 N–H and O–H groups in total. The SMILES string of the molecule is CC(C)(C)c1cc(Oc2[c-]c3c(cc2)C2(c4ccccc4N3c3cc(C(C)(C)C)ccn3)c3cc(C(C)(C)C)ccc3N(c3ccccc3)c3ccc(C(C)(C)C)cc32)[c-]c(-n2[c](=[Pt])n(-c3c(-c4ccccc4)cccc3-c3ccccc3)c3ccccc32)c1. The molecule has 12 aromatic rings. The maximum absolute atomic E-state index is 7.42. The van der Waals surface area contributed by atoms with Crippen molar-refractivity contribution in [1.29, 1.82) is 0 Å². The number of pyridine rings is 1. The Morgan fingerprint density at radius 3 is 1.49 bits per heavy atom. The van der Waals surface area contributed by atoms with E-state index in [1.165, 1.54) is 33.4 Å². The van der Waals surface area contributed by atoms with Gasteiger partial charge >= 0.3 is 331 Å². The minimum absolute atomic E-state index is 0.149. The van der Waals surface area contributed by atoms with Gasteiger partial charge in [0.1, 0.15) is 0 Å². The van der Waals surface area contributed by atoms with E-state index in [0.29, 0.717) is 11.5 Å². The van der Waals surface area contributed by atoms with Crippen molar-refractivity contribution in [1.82, 2.24) is 14.1 Å². The zero-order valence-corrected chi connectivity index (χ0v) is 55.7. The molecule has 7 heteroatoms. The van der Waals surface area contributed by atoms with Crippen molar-refractivity contribution in [3.05, 3.63) is 297 Å². The minimum atomic E-state index is -0.857. The third-order valence-electron chi connectivity index (χ3n) is 18.2. The summed E-state index contributed by atoms with van der Waals surface area (Å²) in [6.45, 7) is 27.5. The first-order valence-corrected chi connectivity index (χ1v) is 32.5. The van der Waals surface area contributed by atoms with Crippen molar-refractivity contribution in [3.8, 4) is 45.1 Å². The van der Waals surface area contributed by atoms with Crippen LogP contribution in [0, 0.1) is 15.9 Å². The van der Waals surface area contributed by atoms with E-state index >= 15 is 0 Å². The van der Waals surface area contributed by atoms with Crippen LogP contribution in [0.3, 0.4) is 0 Å². The summed E-state index contributed by atoms with van der Waals surface area (Å²) in [7, 11) is 0. The fraction of sp³-hybridized carbons (Fsp3) is 0.205. The van der Waals surface area contributed by atoms with Gasteiger partial charge < -0.3 is 4.90 Å². The summed E-state index contributed by atoms with van der Waals surface area (Å²) in [4.78, 5) is 10.1. The molecule has 1 spiro atoms. The fourth-order valence-corrected chi connectivity index (χ4v) is 14.6. The van der Waals surface area contributed by atoms with Crippen LogP contribution in [0.4, 0.5) is 34.3 Å². The molecule has 0 unspecified atom stereocenters. The van der Waals surface area contributed by atoms with Gasteiger partial charge in [0.05, 0.1) is 0 Å². The van der Waals surface area contributed by atoms with Crippen molar-refractivity contribution in [3.63, 3.8) is 0 Å². The zero-order valence-electron chi connectivity index (χ0n) is 53.5. The number of fused-ring (bicyclic) bond motifs is 9. The van der Waals surface area contributed by atoms with E-state index < -0.39 is 5.41 Å². The average Bonchev–Trinajstić information content (AvgIpc) is 0.790. The molecule has 10 aromatic carbocycles. The first-order valence-electron chi connectivity index (χ1n) is 31.4. The number of para-hydroxylation sites is 5. The van der Waals surface area contributed by atoms with Gasteiger partial charge in [-0.2, -0.15) is 0 Å². The van der Waals surface area contributed by atoms with Crippen molar-refractivity contribution >= 4 is 45.3 Å². The molecule has 0 amide bonds. The Balaban J connectivity index is 1.02. The van der Waals surface area contributed by atoms with Crippen molar-refractivity contribution in [2.24, 2.45) is 0 Å². The molecule has 2 aliphatic heterocycles. The number of ether oxygens (including phenoxy) is 1. The summed E-state index contributed by atoms with van der Waals surface area (Å²) in [6.07, 6.45) is 1.96. The van der Waals surface area contributed by atoms with E-state index in [4.69, 9.17) is 9.72 Å². The third kappa shape index (κ3) is 9.90. The first kappa shape index (κ1) is 58.6. The number of benzene rings is 10. The molecule has 2 aromatic heterocycles. The molecule has 0 atom stereocenters. The van der Waals surface area contributed by atoms with E-state index in [1.54, 1.807) is 0 Å². The van der Waals surface area contributed by atoms with Crippen LogP contribution in [0.15, 0.2) is 237 Å². The molecule has 0 radical (unpaired) electrons. The predicted octanol–water partition coefficient (Wildman–Crippen LogP) is 21.8. The van der Waals surface area contributed by atoms with Crippen LogP contribution in [0.1, 0.15) is 128 Å². The zero-order chi connectivity index (χ0) is 62.6. The molecular formula is C83H75N5OPt-2. The number of anilines is 6. The van der Waals surface area contributed by atoms with E-state index in [2.05, 4.69) is 364 Å². The molecule has 14 rings (SSSR count). The van der Waals surface area contributed by atoms with Crippen LogP contribution >= 0.6 is 0 Å². The molecule has 0 fully saturated rings. The molecule has 0 bridgehead atoms. The molecule has 450 valence electrons. The topological polar surface area (TPSA) is 38.5 Å². The van der Waals surface area contributed by atoms with Gasteiger partial charge in [0.15, 0.2) is 0 Å². The number of hydrogen-bond acceptors (Lipinski definition) is 4. The van der Waals surface area contributed by atoms with Gasteiger partial charge in [0.2, 0.25) is 0 Å². The Bertz CT molecular complexity index is 4690. The van der Waals surface area contributed by atoms with Gasteiger partial charge in [0.25, 0.3) is 0 Å².